The van der Waals surface area contributed by atoms with Gasteiger partial charge in [-0.3, -0.25) is 4.79 Å². The average molecular weight is 347 g/mol. The molecule has 0 radical (unpaired) electrons. The number of nitrogens with zero attached hydrogens (tertiary/aromatic N) is 1. The molecule has 0 spiro atoms. The Morgan fingerprint density at radius 3 is 2.61 bits per heavy atom. The Hall–Kier alpha value is -1.36. The van der Waals surface area contributed by atoms with E-state index in [1.165, 1.54) is 37.3 Å². The van der Waals surface area contributed by atoms with Gasteiger partial charge in [0.25, 0.3) is 5.91 Å². The number of carbonyl (C=O) groups is 1. The van der Waals surface area contributed by atoms with Crippen molar-refractivity contribution in [3.63, 3.8) is 0 Å². The fourth-order valence-electron chi connectivity index (χ4n) is 3.66. The average Bonchev–Trinajstić information content (AvgIpc) is 2.99. The Morgan fingerprint density at radius 2 is 1.96 bits per heavy atom. The van der Waals surface area contributed by atoms with Crippen LogP contribution in [0.1, 0.15) is 22.5 Å². The van der Waals surface area contributed by atoms with Crippen molar-refractivity contribution in [2.45, 2.75) is 18.9 Å². The first-order valence-electron chi connectivity index (χ1n) is 8.08. The minimum atomic E-state index is 0.0119. The van der Waals surface area contributed by atoms with Crippen LogP contribution < -0.4 is 5.32 Å². The van der Waals surface area contributed by atoms with E-state index in [0.29, 0.717) is 15.1 Å². The third-order valence-electron chi connectivity index (χ3n) is 4.97. The Morgan fingerprint density at radius 1 is 1.22 bits per heavy atom. The van der Waals surface area contributed by atoms with Gasteiger partial charge in [0.15, 0.2) is 0 Å². The Kier molecular flexibility index (Phi) is 4.14. The molecule has 0 aliphatic carbocycles. The van der Waals surface area contributed by atoms with Crippen molar-refractivity contribution in [2.75, 3.05) is 19.6 Å². The molecule has 1 aromatic heterocycles. The predicted molar refractivity (Wildman–Crippen MR) is 95.2 cm³/mol. The summed E-state index contributed by atoms with van der Waals surface area (Å²) in [6.07, 6.45) is 2.40. The molecule has 3 fully saturated rings. The second kappa shape index (κ2) is 6.27. The van der Waals surface area contributed by atoms with Crippen LogP contribution in [0.5, 0.6) is 0 Å². The third kappa shape index (κ3) is 3.03. The molecule has 1 atom stereocenters. The van der Waals surface area contributed by atoms with E-state index in [9.17, 15) is 4.79 Å². The van der Waals surface area contributed by atoms with Crippen molar-refractivity contribution in [3.8, 4) is 11.1 Å². The summed E-state index contributed by atoms with van der Waals surface area (Å²) >= 11 is 7.73. The highest BCUT2D eigenvalue weighted by Crippen LogP contribution is 2.36. The van der Waals surface area contributed by atoms with Crippen LogP contribution in [0.3, 0.4) is 0 Å². The van der Waals surface area contributed by atoms with Gasteiger partial charge in [0, 0.05) is 18.2 Å². The number of benzene rings is 1. The zero-order valence-electron chi connectivity index (χ0n) is 12.8. The number of fused-ring (bicyclic) bond motifs is 3. The molecule has 2 aromatic rings. The quantitative estimate of drug-likeness (QED) is 0.914. The number of hydrogen-bond donors (Lipinski definition) is 1. The summed E-state index contributed by atoms with van der Waals surface area (Å²) in [6.45, 7) is 3.35. The molecule has 3 nitrogen and oxygen atoms in total. The number of rotatable bonds is 3. The van der Waals surface area contributed by atoms with Crippen molar-refractivity contribution in [1.82, 2.24) is 10.2 Å². The van der Waals surface area contributed by atoms with Gasteiger partial charge in [-0.1, -0.05) is 41.9 Å². The largest absolute Gasteiger partial charge is 0.347 e. The second-order valence-electron chi connectivity index (χ2n) is 6.38. The molecule has 3 aliphatic rings. The van der Waals surface area contributed by atoms with E-state index < -0.39 is 0 Å². The molecule has 3 aliphatic heterocycles. The van der Waals surface area contributed by atoms with Gasteiger partial charge in [-0.05, 0) is 43.5 Å². The number of thiophene rings is 1. The van der Waals surface area contributed by atoms with Crippen LogP contribution in [0.25, 0.3) is 11.1 Å². The number of hydrogen-bond acceptors (Lipinski definition) is 3. The zero-order valence-corrected chi connectivity index (χ0v) is 14.4. The van der Waals surface area contributed by atoms with Crippen molar-refractivity contribution in [2.24, 2.45) is 5.92 Å². The SMILES string of the molecule is O=C(NC1CN2CCC1CC2)c1cc(-c2ccccc2)c(Cl)s1. The topological polar surface area (TPSA) is 32.3 Å². The minimum Gasteiger partial charge on any atom is -0.347 e. The summed E-state index contributed by atoms with van der Waals surface area (Å²) in [5, 5.41) is 3.23. The molecule has 5 rings (SSSR count). The highest BCUT2D eigenvalue weighted by molar-refractivity contribution is 7.18. The number of carbonyl (C=O) groups excluding carboxylic acids is 1. The second-order valence-corrected chi connectivity index (χ2v) is 8.04. The molecule has 1 aromatic carbocycles. The molecular formula is C18H19ClN2OS. The highest BCUT2D eigenvalue weighted by atomic mass is 35.5. The maximum absolute atomic E-state index is 12.6. The molecule has 0 saturated carbocycles. The van der Waals surface area contributed by atoms with Crippen LogP contribution in [-0.2, 0) is 0 Å². The van der Waals surface area contributed by atoms with Gasteiger partial charge < -0.3 is 10.2 Å². The van der Waals surface area contributed by atoms with Crippen molar-refractivity contribution in [1.29, 1.82) is 0 Å². The molecule has 1 N–H and O–H groups in total. The van der Waals surface area contributed by atoms with E-state index in [4.69, 9.17) is 11.6 Å². The van der Waals surface area contributed by atoms with Gasteiger partial charge in [-0.15, -0.1) is 11.3 Å². The number of piperidine rings is 3. The molecule has 1 amide bonds. The maximum atomic E-state index is 12.6. The van der Waals surface area contributed by atoms with E-state index >= 15 is 0 Å². The number of nitrogens with one attached hydrogen (secondary N) is 1. The Bertz CT molecular complexity index is 707. The standard InChI is InChI=1S/C18H19ClN2OS/c19-17-14(12-4-2-1-3-5-12)10-16(23-17)18(22)20-15-11-21-8-6-13(15)7-9-21/h1-5,10,13,15H,6-9,11H2,(H,20,22). The van der Waals surface area contributed by atoms with Crippen LogP contribution in [-0.4, -0.2) is 36.5 Å². The highest BCUT2D eigenvalue weighted by Gasteiger charge is 2.35. The van der Waals surface area contributed by atoms with E-state index in [1.807, 2.05) is 36.4 Å². The predicted octanol–water partition coefficient (Wildman–Crippen LogP) is 3.89. The Labute approximate surface area is 145 Å². The van der Waals surface area contributed by atoms with Gasteiger partial charge in [0.1, 0.15) is 4.34 Å². The van der Waals surface area contributed by atoms with Gasteiger partial charge in [-0.2, -0.15) is 0 Å². The lowest BCUT2D eigenvalue weighted by atomic mass is 9.84. The van der Waals surface area contributed by atoms with Crippen LogP contribution in [0.4, 0.5) is 0 Å². The first-order valence-corrected chi connectivity index (χ1v) is 9.28. The third-order valence-corrected chi connectivity index (χ3v) is 6.33. The fraction of sp³-hybridized carbons (Fsp3) is 0.389. The van der Waals surface area contributed by atoms with Gasteiger partial charge >= 0.3 is 0 Å². The lowest BCUT2D eigenvalue weighted by molar-refractivity contribution is 0.0622. The normalized spacial score (nSPS) is 26.2. The van der Waals surface area contributed by atoms with E-state index in [1.54, 1.807) is 0 Å². The van der Waals surface area contributed by atoms with Crippen LogP contribution in [0.15, 0.2) is 36.4 Å². The fourth-order valence-corrected chi connectivity index (χ4v) is 4.88. The molecule has 1 unspecified atom stereocenters. The summed E-state index contributed by atoms with van der Waals surface area (Å²) in [6, 6.07) is 12.2. The van der Waals surface area contributed by atoms with Crippen LogP contribution >= 0.6 is 22.9 Å². The smallest absolute Gasteiger partial charge is 0.261 e. The summed E-state index contributed by atoms with van der Waals surface area (Å²) < 4.78 is 0.676. The maximum Gasteiger partial charge on any atom is 0.261 e. The summed E-state index contributed by atoms with van der Waals surface area (Å²) in [7, 11) is 0. The monoisotopic (exact) mass is 346 g/mol. The first-order chi connectivity index (χ1) is 11.2. The van der Waals surface area contributed by atoms with Crippen molar-refractivity contribution < 1.29 is 4.79 Å². The molecule has 2 bridgehead atoms. The van der Waals surface area contributed by atoms with Crippen LogP contribution in [0, 0.1) is 5.92 Å². The van der Waals surface area contributed by atoms with Gasteiger partial charge in [0.05, 0.1) is 4.88 Å². The van der Waals surface area contributed by atoms with E-state index in [0.717, 1.165) is 17.7 Å². The van der Waals surface area contributed by atoms with Crippen molar-refractivity contribution in [3.05, 3.63) is 45.6 Å². The molecule has 5 heteroatoms. The molecule has 4 heterocycles. The summed E-state index contributed by atoms with van der Waals surface area (Å²) in [5.74, 6) is 0.644. The summed E-state index contributed by atoms with van der Waals surface area (Å²) in [4.78, 5) is 15.8. The number of amides is 1. The molecule has 120 valence electrons. The number of halogens is 1. The lowest BCUT2D eigenvalue weighted by Crippen LogP contribution is -2.57. The summed E-state index contributed by atoms with van der Waals surface area (Å²) in [5.41, 5.74) is 1.99. The minimum absolute atomic E-state index is 0.0119. The van der Waals surface area contributed by atoms with Gasteiger partial charge in [-0.25, -0.2) is 0 Å². The zero-order chi connectivity index (χ0) is 15.8. The van der Waals surface area contributed by atoms with E-state index in [2.05, 4.69) is 10.2 Å². The Balaban J connectivity index is 1.51. The first kappa shape index (κ1) is 15.2. The van der Waals surface area contributed by atoms with E-state index in [-0.39, 0.29) is 11.9 Å². The molecular weight excluding hydrogens is 328 g/mol. The van der Waals surface area contributed by atoms with Crippen LogP contribution in [0.2, 0.25) is 4.34 Å². The van der Waals surface area contributed by atoms with Crippen molar-refractivity contribution >= 4 is 28.8 Å². The lowest BCUT2D eigenvalue weighted by Gasteiger charge is -2.44. The molecule has 3 saturated heterocycles. The van der Waals surface area contributed by atoms with Gasteiger partial charge in [0.2, 0.25) is 0 Å². The molecule has 23 heavy (non-hydrogen) atoms.